The van der Waals surface area contributed by atoms with Gasteiger partial charge < -0.3 is 15.3 Å². The van der Waals surface area contributed by atoms with Crippen LogP contribution in [0.5, 0.6) is 5.75 Å². The minimum absolute atomic E-state index is 0.100. The topological polar surface area (TPSA) is 72.5 Å². The summed E-state index contributed by atoms with van der Waals surface area (Å²) in [5.74, 6) is -0.320. The fourth-order valence-corrected chi connectivity index (χ4v) is 2.76. The van der Waals surface area contributed by atoms with Crippen molar-refractivity contribution in [2.24, 2.45) is 5.73 Å². The molecule has 0 fully saturated rings. The van der Waals surface area contributed by atoms with Crippen molar-refractivity contribution in [2.45, 2.75) is 50.9 Å². The smallest absolute Gasteiger partial charge is 0.328 e. The zero-order valence-electron chi connectivity index (χ0n) is 14.1. The summed E-state index contributed by atoms with van der Waals surface area (Å²) in [6.45, 7) is 14.4. The molecule has 0 spiro atoms. The maximum Gasteiger partial charge on any atom is 0.328 e. The van der Waals surface area contributed by atoms with Crippen molar-refractivity contribution in [3.63, 3.8) is 0 Å². The minimum Gasteiger partial charge on any atom is -0.543 e. The third-order valence-corrected chi connectivity index (χ3v) is 8.70. The molecule has 0 aromatic heterocycles. The molecule has 4 nitrogen and oxygen atoms in total. The zero-order valence-corrected chi connectivity index (χ0v) is 15.1. The molecular weight excluding hydrogens is 294 g/mol. The lowest BCUT2D eigenvalue weighted by atomic mass is 9.92. The van der Waals surface area contributed by atoms with E-state index in [1.165, 1.54) is 6.08 Å². The van der Waals surface area contributed by atoms with E-state index in [9.17, 15) is 9.90 Å². The molecule has 0 aliphatic heterocycles. The lowest BCUT2D eigenvalue weighted by Crippen LogP contribution is -2.48. The maximum atomic E-state index is 11.3. The molecule has 0 radical (unpaired) electrons. The Labute approximate surface area is 134 Å². The lowest BCUT2D eigenvalue weighted by molar-refractivity contribution is -0.141. The fourth-order valence-electron chi connectivity index (χ4n) is 1.74. The van der Waals surface area contributed by atoms with Gasteiger partial charge in [0, 0.05) is 6.42 Å². The van der Waals surface area contributed by atoms with Crippen molar-refractivity contribution in [3.8, 4) is 5.75 Å². The van der Waals surface area contributed by atoms with E-state index in [4.69, 9.17) is 10.2 Å². The van der Waals surface area contributed by atoms with Crippen molar-refractivity contribution in [3.05, 3.63) is 42.5 Å². The van der Waals surface area contributed by atoms with Crippen LogP contribution in [0, 0.1) is 0 Å². The first-order valence-corrected chi connectivity index (χ1v) is 10.3. The van der Waals surface area contributed by atoms with E-state index >= 15 is 0 Å². The van der Waals surface area contributed by atoms with Crippen LogP contribution in [0.2, 0.25) is 18.1 Å². The van der Waals surface area contributed by atoms with E-state index in [1.807, 2.05) is 24.3 Å². The number of rotatable bonds is 6. The van der Waals surface area contributed by atoms with Crippen LogP contribution in [-0.4, -0.2) is 24.9 Å². The van der Waals surface area contributed by atoms with Gasteiger partial charge in [-0.1, -0.05) is 39.0 Å². The number of carbonyl (C=O) groups is 1. The first kappa shape index (κ1) is 18.5. The molecule has 0 heterocycles. The van der Waals surface area contributed by atoms with Crippen LogP contribution in [0.4, 0.5) is 0 Å². The van der Waals surface area contributed by atoms with Gasteiger partial charge in [0.05, 0.1) is 0 Å². The summed E-state index contributed by atoms with van der Waals surface area (Å²) in [6.07, 6.45) is 1.46. The summed E-state index contributed by atoms with van der Waals surface area (Å²) in [7, 11) is -1.93. The summed E-state index contributed by atoms with van der Waals surface area (Å²) in [5, 5.41) is 9.34. The number of hydrogen-bond donors (Lipinski definition) is 2. The summed E-state index contributed by atoms with van der Waals surface area (Å²) in [6, 6.07) is 7.49. The third kappa shape index (κ3) is 4.21. The normalized spacial score (nSPS) is 15.0. The van der Waals surface area contributed by atoms with Crippen LogP contribution in [0.1, 0.15) is 26.3 Å². The predicted octanol–water partition coefficient (Wildman–Crippen LogP) is 3.58. The standard InChI is InChI=1S/C17H27NO3Si/c1-7-17(18,15(19)20)12-13-9-8-10-14(11-13)21-22(5,6)16(2,3)4/h7-11H,1,12,18H2,2-6H3,(H,19,20)/t17-/m0/s1. The van der Waals surface area contributed by atoms with Gasteiger partial charge in [0.2, 0.25) is 8.32 Å². The highest BCUT2D eigenvalue weighted by molar-refractivity contribution is 6.74. The Morgan fingerprint density at radius 2 is 2.00 bits per heavy atom. The second-order valence-corrected chi connectivity index (χ2v) is 12.0. The molecule has 1 aromatic carbocycles. The van der Waals surface area contributed by atoms with E-state index in [-0.39, 0.29) is 11.5 Å². The van der Waals surface area contributed by atoms with Crippen molar-refractivity contribution < 1.29 is 14.3 Å². The molecule has 5 heteroatoms. The summed E-state index contributed by atoms with van der Waals surface area (Å²) in [4.78, 5) is 11.3. The number of carboxylic acids is 1. The van der Waals surface area contributed by atoms with Crippen LogP contribution >= 0.6 is 0 Å². The van der Waals surface area contributed by atoms with Gasteiger partial charge in [-0.2, -0.15) is 0 Å². The van der Waals surface area contributed by atoms with Gasteiger partial charge in [0.25, 0.3) is 0 Å². The van der Waals surface area contributed by atoms with Gasteiger partial charge in [-0.3, -0.25) is 0 Å². The van der Waals surface area contributed by atoms with E-state index in [1.54, 1.807) is 0 Å². The maximum absolute atomic E-state index is 11.3. The minimum atomic E-state index is -1.93. The molecule has 22 heavy (non-hydrogen) atoms. The summed E-state index contributed by atoms with van der Waals surface area (Å²) < 4.78 is 6.24. The van der Waals surface area contributed by atoms with Gasteiger partial charge in [0.1, 0.15) is 11.3 Å². The largest absolute Gasteiger partial charge is 0.543 e. The molecule has 0 saturated carbocycles. The molecule has 1 rings (SSSR count). The number of aliphatic carboxylic acids is 1. The van der Waals surface area contributed by atoms with Gasteiger partial charge in [0.15, 0.2) is 0 Å². The first-order valence-electron chi connectivity index (χ1n) is 7.35. The molecule has 0 aliphatic carbocycles. The first-order chi connectivity index (χ1) is 9.91. The molecule has 0 amide bonds. The van der Waals surface area contributed by atoms with Crippen LogP contribution in [-0.2, 0) is 11.2 Å². The Morgan fingerprint density at radius 3 is 2.45 bits per heavy atom. The average molecular weight is 321 g/mol. The third-order valence-electron chi connectivity index (χ3n) is 4.34. The molecule has 1 aromatic rings. The quantitative estimate of drug-likeness (QED) is 0.620. The van der Waals surface area contributed by atoms with Crippen molar-refractivity contribution in [1.82, 2.24) is 0 Å². The van der Waals surface area contributed by atoms with Crippen molar-refractivity contribution >= 4 is 14.3 Å². The van der Waals surface area contributed by atoms with Gasteiger partial charge >= 0.3 is 5.97 Å². The molecule has 0 unspecified atom stereocenters. The van der Waals surface area contributed by atoms with Crippen molar-refractivity contribution in [1.29, 1.82) is 0 Å². The zero-order chi connectivity index (χ0) is 17.2. The van der Waals surface area contributed by atoms with Crippen LogP contribution < -0.4 is 10.2 Å². The fraction of sp³-hybridized carbons (Fsp3) is 0.471. The summed E-state index contributed by atoms with van der Waals surface area (Å²) >= 11 is 0. The predicted molar refractivity (Wildman–Crippen MR) is 92.7 cm³/mol. The summed E-state index contributed by atoms with van der Waals surface area (Å²) in [5.41, 5.74) is 5.23. The Kier molecular flexibility index (Phi) is 5.25. The number of carboxylic acid groups (broad SMARTS) is 1. The molecule has 0 bridgehead atoms. The van der Waals surface area contributed by atoms with E-state index < -0.39 is 19.8 Å². The van der Waals surface area contributed by atoms with Crippen LogP contribution in [0.3, 0.4) is 0 Å². The average Bonchev–Trinajstić information content (AvgIpc) is 2.36. The molecule has 0 saturated heterocycles. The van der Waals surface area contributed by atoms with Crippen LogP contribution in [0.25, 0.3) is 0 Å². The van der Waals surface area contributed by atoms with Gasteiger partial charge in [-0.15, -0.1) is 6.58 Å². The Balaban J connectivity index is 3.01. The van der Waals surface area contributed by atoms with E-state index in [0.29, 0.717) is 0 Å². The van der Waals surface area contributed by atoms with Crippen LogP contribution in [0.15, 0.2) is 36.9 Å². The Hall–Kier alpha value is -1.59. The molecular formula is C17H27NO3Si. The highest BCUT2D eigenvalue weighted by atomic mass is 28.4. The molecule has 122 valence electrons. The van der Waals surface area contributed by atoms with Gasteiger partial charge in [-0.05, 0) is 35.8 Å². The number of hydrogen-bond acceptors (Lipinski definition) is 3. The monoisotopic (exact) mass is 321 g/mol. The highest BCUT2D eigenvalue weighted by Gasteiger charge is 2.39. The second-order valence-electron chi connectivity index (χ2n) is 7.24. The molecule has 3 N–H and O–H groups in total. The Morgan fingerprint density at radius 1 is 1.41 bits per heavy atom. The van der Waals surface area contributed by atoms with E-state index in [0.717, 1.165) is 11.3 Å². The molecule has 1 atom stereocenters. The SMILES string of the molecule is C=C[C@](N)(Cc1cccc(O[Si](C)(C)C(C)(C)C)c1)C(=O)O. The van der Waals surface area contributed by atoms with Crippen molar-refractivity contribution in [2.75, 3.05) is 0 Å². The highest BCUT2D eigenvalue weighted by Crippen LogP contribution is 2.37. The number of benzene rings is 1. The second kappa shape index (κ2) is 6.26. The van der Waals surface area contributed by atoms with E-state index in [2.05, 4.69) is 40.4 Å². The number of nitrogens with two attached hydrogens (primary N) is 1. The lowest BCUT2D eigenvalue weighted by Gasteiger charge is -2.36. The van der Waals surface area contributed by atoms with Gasteiger partial charge in [-0.25, -0.2) is 4.79 Å². The molecule has 0 aliphatic rings. The Bertz CT molecular complexity index is 563.